The minimum Gasteiger partial charge on any atom is -0.309 e. The fraction of sp³-hybridized carbons (Fsp3) is 0. The number of para-hydroxylation sites is 2. The van der Waals surface area contributed by atoms with Crippen LogP contribution in [0.1, 0.15) is 0 Å². The fourth-order valence-corrected chi connectivity index (χ4v) is 8.16. The van der Waals surface area contributed by atoms with Gasteiger partial charge in [-0.15, -0.1) is 0 Å². The predicted molar refractivity (Wildman–Crippen MR) is 204 cm³/mol. The Morgan fingerprint density at radius 2 is 1.08 bits per heavy atom. The maximum absolute atomic E-state index is 5.41. The quantitative estimate of drug-likeness (QED) is 0.196. The Morgan fingerprint density at radius 3 is 1.94 bits per heavy atom. The third kappa shape index (κ3) is 3.78. The van der Waals surface area contributed by atoms with Crippen molar-refractivity contribution in [2.75, 3.05) is 0 Å². The lowest BCUT2D eigenvalue weighted by Crippen LogP contribution is -2.00. The van der Waals surface area contributed by atoms with Gasteiger partial charge >= 0.3 is 0 Å². The molecule has 1 aliphatic carbocycles. The highest BCUT2D eigenvalue weighted by Crippen LogP contribution is 2.52. The van der Waals surface area contributed by atoms with Gasteiger partial charge in [0.2, 0.25) is 0 Å². The summed E-state index contributed by atoms with van der Waals surface area (Å²) in [5, 5.41) is 8.53. The third-order valence-electron chi connectivity index (χ3n) is 10.3. The molecular formula is C46H27N3. The second-order valence-corrected chi connectivity index (χ2v) is 13.0. The first-order chi connectivity index (χ1) is 24.3. The van der Waals surface area contributed by atoms with Gasteiger partial charge in [-0.1, -0.05) is 127 Å². The summed E-state index contributed by atoms with van der Waals surface area (Å²) in [6, 6.07) is 58.9. The van der Waals surface area contributed by atoms with Crippen molar-refractivity contribution >= 4 is 54.3 Å². The van der Waals surface area contributed by atoms with Gasteiger partial charge in [0.15, 0.2) is 5.82 Å². The van der Waals surface area contributed by atoms with E-state index in [-0.39, 0.29) is 0 Å². The molecular weight excluding hydrogens is 595 g/mol. The van der Waals surface area contributed by atoms with Crippen LogP contribution in [0.15, 0.2) is 164 Å². The van der Waals surface area contributed by atoms with Crippen LogP contribution in [0.25, 0.3) is 105 Å². The van der Waals surface area contributed by atoms with Crippen molar-refractivity contribution in [1.29, 1.82) is 0 Å². The van der Waals surface area contributed by atoms with E-state index in [0.29, 0.717) is 0 Å². The largest absolute Gasteiger partial charge is 0.309 e. The average Bonchev–Trinajstić information content (AvgIpc) is 3.66. The van der Waals surface area contributed by atoms with Crippen LogP contribution < -0.4 is 0 Å². The van der Waals surface area contributed by atoms with Crippen molar-refractivity contribution in [2.45, 2.75) is 0 Å². The summed E-state index contributed by atoms with van der Waals surface area (Å²) >= 11 is 0. The molecule has 8 aromatic carbocycles. The van der Waals surface area contributed by atoms with Gasteiger partial charge in [-0.3, -0.25) is 0 Å². The van der Waals surface area contributed by atoms with Gasteiger partial charge in [0.25, 0.3) is 0 Å². The molecule has 0 saturated carbocycles. The third-order valence-corrected chi connectivity index (χ3v) is 10.3. The van der Waals surface area contributed by atoms with Gasteiger partial charge in [-0.2, -0.15) is 0 Å². The topological polar surface area (TPSA) is 30.7 Å². The summed E-state index contributed by atoms with van der Waals surface area (Å²) in [5.74, 6) is 0.728. The fourth-order valence-electron chi connectivity index (χ4n) is 8.16. The molecule has 2 heterocycles. The van der Waals surface area contributed by atoms with E-state index in [4.69, 9.17) is 9.97 Å². The lowest BCUT2D eigenvalue weighted by molar-refractivity contribution is 1.17. The molecule has 2 aromatic heterocycles. The summed E-state index contributed by atoms with van der Waals surface area (Å²) in [5.41, 5.74) is 12.3. The summed E-state index contributed by atoms with van der Waals surface area (Å²) in [6.07, 6.45) is 0. The number of aromatic nitrogens is 3. The molecule has 0 bridgehead atoms. The zero-order valence-electron chi connectivity index (χ0n) is 26.4. The molecule has 0 unspecified atom stereocenters. The molecule has 0 spiro atoms. The minimum absolute atomic E-state index is 0.728. The second kappa shape index (κ2) is 9.96. The molecule has 0 saturated heterocycles. The summed E-state index contributed by atoms with van der Waals surface area (Å²) in [6.45, 7) is 0. The number of nitrogens with zero attached hydrogens (tertiary/aromatic N) is 3. The molecule has 1 aliphatic rings. The van der Waals surface area contributed by atoms with E-state index in [1.165, 1.54) is 65.6 Å². The van der Waals surface area contributed by atoms with Crippen LogP contribution >= 0.6 is 0 Å². The molecule has 0 amide bonds. The van der Waals surface area contributed by atoms with Crippen molar-refractivity contribution < 1.29 is 0 Å². The van der Waals surface area contributed by atoms with Gasteiger partial charge in [-0.05, 0) is 74.6 Å². The van der Waals surface area contributed by atoms with Gasteiger partial charge < -0.3 is 4.57 Å². The zero-order chi connectivity index (χ0) is 32.1. The molecule has 49 heavy (non-hydrogen) atoms. The molecule has 10 aromatic rings. The number of hydrogen-bond donors (Lipinski definition) is 0. The molecule has 0 aliphatic heterocycles. The van der Waals surface area contributed by atoms with Crippen molar-refractivity contribution in [3.8, 4) is 50.6 Å². The van der Waals surface area contributed by atoms with Gasteiger partial charge in [0.05, 0.1) is 22.2 Å². The molecule has 0 atom stereocenters. The van der Waals surface area contributed by atoms with Crippen LogP contribution in [0.2, 0.25) is 0 Å². The van der Waals surface area contributed by atoms with E-state index in [2.05, 4.69) is 168 Å². The van der Waals surface area contributed by atoms with Crippen LogP contribution in [0.4, 0.5) is 0 Å². The zero-order valence-corrected chi connectivity index (χ0v) is 26.4. The van der Waals surface area contributed by atoms with Gasteiger partial charge in [0.1, 0.15) is 0 Å². The lowest BCUT2D eigenvalue weighted by atomic mass is 9.95. The monoisotopic (exact) mass is 621 g/mol. The Balaban J connectivity index is 1.29. The van der Waals surface area contributed by atoms with Crippen LogP contribution in [-0.4, -0.2) is 14.5 Å². The van der Waals surface area contributed by atoms with E-state index in [1.807, 2.05) is 0 Å². The highest BCUT2D eigenvalue weighted by atomic mass is 15.0. The second-order valence-electron chi connectivity index (χ2n) is 13.0. The Hall–Kier alpha value is -6.58. The van der Waals surface area contributed by atoms with Crippen molar-refractivity contribution in [3.63, 3.8) is 0 Å². The first kappa shape index (κ1) is 26.5. The van der Waals surface area contributed by atoms with E-state index >= 15 is 0 Å². The van der Waals surface area contributed by atoms with Gasteiger partial charge in [0, 0.05) is 38.5 Å². The Labute approximate surface area is 282 Å². The first-order valence-electron chi connectivity index (χ1n) is 16.8. The summed E-state index contributed by atoms with van der Waals surface area (Å²) in [7, 11) is 0. The predicted octanol–water partition coefficient (Wildman–Crippen LogP) is 12.0. The standard InChI is InChI=1S/C46H27N3/c1-2-12-29(13-3-1)45-35-19-6-8-22-40(35)47-46(48-45)39-27-32(26-38-34-20-10-16-28-17-11-21-36(43(28)34)44(38)39)49-41-23-9-7-18-33(41)37-24-30-14-4-5-15-31(30)25-42(37)49/h1-27H. The Kier molecular flexibility index (Phi) is 5.38. The van der Waals surface area contributed by atoms with Crippen LogP contribution in [0, 0.1) is 0 Å². The smallest absolute Gasteiger partial charge is 0.161 e. The van der Waals surface area contributed by atoms with E-state index in [1.54, 1.807) is 0 Å². The number of fused-ring (bicyclic) bond motifs is 8. The minimum atomic E-state index is 0.728. The summed E-state index contributed by atoms with van der Waals surface area (Å²) in [4.78, 5) is 10.7. The van der Waals surface area contributed by atoms with Crippen molar-refractivity contribution in [3.05, 3.63) is 164 Å². The highest BCUT2D eigenvalue weighted by molar-refractivity contribution is 6.19. The van der Waals surface area contributed by atoms with Crippen LogP contribution in [-0.2, 0) is 0 Å². The number of rotatable bonds is 3. The molecule has 11 rings (SSSR count). The average molecular weight is 622 g/mol. The molecule has 0 radical (unpaired) electrons. The Bertz CT molecular complexity index is 2980. The van der Waals surface area contributed by atoms with Crippen molar-refractivity contribution in [2.24, 2.45) is 0 Å². The highest BCUT2D eigenvalue weighted by Gasteiger charge is 2.28. The normalized spacial score (nSPS) is 12.1. The molecule has 0 fully saturated rings. The van der Waals surface area contributed by atoms with Crippen molar-refractivity contribution in [1.82, 2.24) is 14.5 Å². The lowest BCUT2D eigenvalue weighted by Gasteiger charge is -2.17. The van der Waals surface area contributed by atoms with Crippen LogP contribution in [0.3, 0.4) is 0 Å². The molecule has 226 valence electrons. The maximum Gasteiger partial charge on any atom is 0.161 e. The Morgan fingerprint density at radius 1 is 0.408 bits per heavy atom. The van der Waals surface area contributed by atoms with E-state index in [0.717, 1.165) is 39.2 Å². The van der Waals surface area contributed by atoms with E-state index < -0.39 is 0 Å². The molecule has 3 heteroatoms. The SMILES string of the molecule is c1ccc(-c2nc(-c3cc(-n4c5ccccc5c5cc6ccccc6cc54)cc4c3-c3cccc5cccc-4c35)nc3ccccc23)cc1. The first-order valence-corrected chi connectivity index (χ1v) is 16.8. The van der Waals surface area contributed by atoms with Crippen LogP contribution in [0.5, 0.6) is 0 Å². The van der Waals surface area contributed by atoms with Gasteiger partial charge in [-0.25, -0.2) is 9.97 Å². The maximum atomic E-state index is 5.41. The van der Waals surface area contributed by atoms with E-state index in [9.17, 15) is 0 Å². The number of benzene rings is 8. The summed E-state index contributed by atoms with van der Waals surface area (Å²) < 4.78 is 2.43. The molecule has 3 nitrogen and oxygen atoms in total. The number of hydrogen-bond acceptors (Lipinski definition) is 2. The molecule has 0 N–H and O–H groups in total.